The molecule has 4 heteroatoms. The molecule has 17 heavy (non-hydrogen) atoms. The molecule has 0 fully saturated rings. The van der Waals surface area contributed by atoms with Crippen molar-refractivity contribution in [2.24, 2.45) is 0 Å². The third-order valence-corrected chi connectivity index (χ3v) is 2.84. The molecular formula is C13H19NO3. The second-order valence-corrected chi connectivity index (χ2v) is 4.30. The average Bonchev–Trinajstić information content (AvgIpc) is 2.60. The highest BCUT2D eigenvalue weighted by Crippen LogP contribution is 2.30. The highest BCUT2D eigenvalue weighted by Gasteiger charge is 2.10. The summed E-state index contributed by atoms with van der Waals surface area (Å²) in [6.45, 7) is 2.35. The summed E-state index contributed by atoms with van der Waals surface area (Å²) >= 11 is 0. The summed E-state index contributed by atoms with van der Waals surface area (Å²) in [7, 11) is 1.89. The normalized spacial score (nSPS) is 14.8. The van der Waals surface area contributed by atoms with Crippen molar-refractivity contribution in [3.63, 3.8) is 0 Å². The van der Waals surface area contributed by atoms with Gasteiger partial charge in [0, 0.05) is 13.0 Å². The van der Waals surface area contributed by atoms with Gasteiger partial charge in [-0.3, -0.25) is 4.90 Å². The molecule has 0 atom stereocenters. The third kappa shape index (κ3) is 3.35. The van der Waals surface area contributed by atoms with Crippen LogP contribution in [0, 0.1) is 0 Å². The number of hydrogen-bond acceptors (Lipinski definition) is 4. The van der Waals surface area contributed by atoms with E-state index >= 15 is 0 Å². The van der Waals surface area contributed by atoms with Crippen molar-refractivity contribution in [1.29, 1.82) is 0 Å². The van der Waals surface area contributed by atoms with E-state index in [-0.39, 0.29) is 6.73 Å². The fraction of sp³-hybridized carbons (Fsp3) is 0.538. The monoisotopic (exact) mass is 237 g/mol. The molecular weight excluding hydrogens is 218 g/mol. The summed E-state index contributed by atoms with van der Waals surface area (Å²) in [6, 6.07) is 6.06. The Labute approximate surface area is 102 Å². The van der Waals surface area contributed by atoms with Crippen molar-refractivity contribution in [2.45, 2.75) is 12.8 Å². The van der Waals surface area contributed by atoms with Crippen LogP contribution in [0.5, 0.6) is 11.5 Å². The average molecular weight is 237 g/mol. The summed E-state index contributed by atoms with van der Waals surface area (Å²) in [5.74, 6) is 1.67. The van der Waals surface area contributed by atoms with Gasteiger partial charge in [0.2, 0.25) is 0 Å². The second kappa shape index (κ2) is 5.89. The molecule has 1 aromatic carbocycles. The fourth-order valence-corrected chi connectivity index (χ4v) is 1.75. The van der Waals surface area contributed by atoms with Crippen LogP contribution in [0.25, 0.3) is 0 Å². The first-order valence-electron chi connectivity index (χ1n) is 5.97. The Kier molecular flexibility index (Phi) is 4.23. The summed E-state index contributed by atoms with van der Waals surface area (Å²) in [5.41, 5.74) is 1.20. The number of aliphatic hydroxyl groups is 1. The number of nitrogens with zero attached hydrogens (tertiary/aromatic N) is 1. The van der Waals surface area contributed by atoms with Crippen LogP contribution in [-0.2, 0) is 6.42 Å². The standard InChI is InChI=1S/C13H19NO3/c1-14(10-15)6-5-11-3-4-12-13(9-11)17-8-2-7-16-12/h3-4,9,15H,2,5-8,10H2,1H3. The fourth-order valence-electron chi connectivity index (χ4n) is 1.75. The lowest BCUT2D eigenvalue weighted by Crippen LogP contribution is -2.21. The molecule has 1 aromatic rings. The Balaban J connectivity index is 2.02. The summed E-state index contributed by atoms with van der Waals surface area (Å²) < 4.78 is 11.2. The second-order valence-electron chi connectivity index (χ2n) is 4.30. The Morgan fingerprint density at radius 3 is 2.76 bits per heavy atom. The van der Waals surface area contributed by atoms with Gasteiger partial charge < -0.3 is 14.6 Å². The van der Waals surface area contributed by atoms with Crippen LogP contribution in [0.3, 0.4) is 0 Å². The molecule has 0 spiro atoms. The van der Waals surface area contributed by atoms with Crippen molar-refractivity contribution in [3.05, 3.63) is 23.8 Å². The van der Waals surface area contributed by atoms with Crippen LogP contribution in [0.15, 0.2) is 18.2 Å². The van der Waals surface area contributed by atoms with Crippen molar-refractivity contribution >= 4 is 0 Å². The minimum absolute atomic E-state index is 0.0878. The lowest BCUT2D eigenvalue weighted by molar-refractivity contribution is 0.134. The first-order chi connectivity index (χ1) is 8.29. The number of fused-ring (bicyclic) bond motifs is 1. The number of aliphatic hydroxyl groups excluding tert-OH is 1. The number of likely N-dealkylation sites (N-methyl/N-ethyl adjacent to an activating group) is 1. The molecule has 94 valence electrons. The van der Waals surface area contributed by atoms with Crippen LogP contribution < -0.4 is 9.47 Å². The lowest BCUT2D eigenvalue weighted by Gasteiger charge is -2.13. The highest BCUT2D eigenvalue weighted by atomic mass is 16.5. The van der Waals surface area contributed by atoms with Gasteiger partial charge in [0.15, 0.2) is 11.5 Å². The topological polar surface area (TPSA) is 41.9 Å². The van der Waals surface area contributed by atoms with Crippen molar-refractivity contribution in [1.82, 2.24) is 4.90 Å². The van der Waals surface area contributed by atoms with Crippen LogP contribution >= 0.6 is 0 Å². The number of rotatable bonds is 4. The molecule has 0 amide bonds. The Bertz CT molecular complexity index is 368. The van der Waals surface area contributed by atoms with Crippen molar-refractivity contribution in [2.75, 3.05) is 33.5 Å². The predicted molar refractivity (Wildman–Crippen MR) is 65.5 cm³/mol. The molecule has 0 saturated carbocycles. The van der Waals surface area contributed by atoms with E-state index in [1.54, 1.807) is 0 Å². The largest absolute Gasteiger partial charge is 0.490 e. The van der Waals surface area contributed by atoms with Gasteiger partial charge in [-0.15, -0.1) is 0 Å². The predicted octanol–water partition coefficient (Wildman–Crippen LogP) is 1.27. The molecule has 1 N–H and O–H groups in total. The maximum atomic E-state index is 8.92. The maximum absolute atomic E-state index is 8.92. The number of benzene rings is 1. The van der Waals surface area contributed by atoms with Crippen LogP contribution in [0.1, 0.15) is 12.0 Å². The van der Waals surface area contributed by atoms with E-state index in [2.05, 4.69) is 6.07 Å². The van der Waals surface area contributed by atoms with Crippen LogP contribution in [-0.4, -0.2) is 43.5 Å². The summed E-state index contributed by atoms with van der Waals surface area (Å²) in [6.07, 6.45) is 1.82. The molecule has 0 bridgehead atoms. The van der Waals surface area contributed by atoms with Gasteiger partial charge in [-0.1, -0.05) is 6.07 Å². The van der Waals surface area contributed by atoms with Crippen LogP contribution in [0.2, 0.25) is 0 Å². The summed E-state index contributed by atoms with van der Waals surface area (Å²) in [5, 5.41) is 8.92. The van der Waals surface area contributed by atoms with Gasteiger partial charge in [-0.25, -0.2) is 0 Å². The van der Waals surface area contributed by atoms with Crippen molar-refractivity contribution in [3.8, 4) is 11.5 Å². The van der Waals surface area contributed by atoms with Gasteiger partial charge in [0.05, 0.1) is 19.9 Å². The van der Waals surface area contributed by atoms with Crippen molar-refractivity contribution < 1.29 is 14.6 Å². The molecule has 2 rings (SSSR count). The van der Waals surface area contributed by atoms with E-state index in [9.17, 15) is 0 Å². The Morgan fingerprint density at radius 1 is 1.24 bits per heavy atom. The first kappa shape index (κ1) is 12.2. The summed E-state index contributed by atoms with van der Waals surface area (Å²) in [4.78, 5) is 1.86. The minimum atomic E-state index is 0.0878. The molecule has 1 aliphatic rings. The number of hydrogen-bond donors (Lipinski definition) is 1. The third-order valence-electron chi connectivity index (χ3n) is 2.84. The molecule has 0 unspecified atom stereocenters. The van der Waals surface area contributed by atoms with Gasteiger partial charge in [0.1, 0.15) is 0 Å². The smallest absolute Gasteiger partial charge is 0.161 e. The van der Waals surface area contributed by atoms with Crippen LogP contribution in [0.4, 0.5) is 0 Å². The molecule has 0 saturated heterocycles. The van der Waals surface area contributed by atoms with E-state index in [0.717, 1.165) is 37.5 Å². The Morgan fingerprint density at radius 2 is 2.00 bits per heavy atom. The van der Waals surface area contributed by atoms with Gasteiger partial charge in [0.25, 0.3) is 0 Å². The lowest BCUT2D eigenvalue weighted by atomic mass is 10.1. The molecule has 1 aliphatic heterocycles. The van der Waals surface area contributed by atoms with E-state index in [1.165, 1.54) is 5.56 Å². The zero-order valence-corrected chi connectivity index (χ0v) is 10.2. The quantitative estimate of drug-likeness (QED) is 0.801. The van der Waals surface area contributed by atoms with E-state index in [4.69, 9.17) is 14.6 Å². The molecule has 4 nitrogen and oxygen atoms in total. The van der Waals surface area contributed by atoms with Gasteiger partial charge >= 0.3 is 0 Å². The van der Waals surface area contributed by atoms with Gasteiger partial charge in [-0.2, -0.15) is 0 Å². The molecule has 0 radical (unpaired) electrons. The maximum Gasteiger partial charge on any atom is 0.161 e. The molecule has 1 heterocycles. The zero-order chi connectivity index (χ0) is 12.1. The van der Waals surface area contributed by atoms with E-state index in [1.807, 2.05) is 24.1 Å². The molecule has 0 aliphatic carbocycles. The highest BCUT2D eigenvalue weighted by molar-refractivity contribution is 5.43. The van der Waals surface area contributed by atoms with E-state index in [0.29, 0.717) is 6.61 Å². The van der Waals surface area contributed by atoms with Gasteiger partial charge in [-0.05, 0) is 31.2 Å². The zero-order valence-electron chi connectivity index (χ0n) is 10.2. The van der Waals surface area contributed by atoms with E-state index < -0.39 is 0 Å². The SMILES string of the molecule is CN(CO)CCc1ccc2c(c1)OCCCO2. The Hall–Kier alpha value is -1.26. The first-order valence-corrected chi connectivity index (χ1v) is 5.97. The number of ether oxygens (including phenoxy) is 2. The minimum Gasteiger partial charge on any atom is -0.490 e. The molecule has 0 aromatic heterocycles.